The van der Waals surface area contributed by atoms with Crippen LogP contribution in [0.1, 0.15) is 22.8 Å². The molecule has 0 aliphatic heterocycles. The summed E-state index contributed by atoms with van der Waals surface area (Å²) < 4.78 is 9.82. The van der Waals surface area contributed by atoms with E-state index in [-0.39, 0.29) is 6.61 Å². The van der Waals surface area contributed by atoms with Gasteiger partial charge in [-0.1, -0.05) is 24.3 Å². The highest BCUT2D eigenvalue weighted by Crippen LogP contribution is 2.07. The first-order chi connectivity index (χ1) is 8.27. The summed E-state index contributed by atoms with van der Waals surface area (Å²) in [6.45, 7) is 2.30. The van der Waals surface area contributed by atoms with Gasteiger partial charge in [0.15, 0.2) is 0 Å². The number of aldehydes is 1. The average molecular weight is 234 g/mol. The van der Waals surface area contributed by atoms with E-state index in [0.29, 0.717) is 12.2 Å². The van der Waals surface area contributed by atoms with Crippen LogP contribution in [0.5, 0.6) is 0 Å². The van der Waals surface area contributed by atoms with Crippen molar-refractivity contribution in [3.8, 4) is 0 Å². The van der Waals surface area contributed by atoms with Gasteiger partial charge < -0.3 is 9.47 Å². The predicted octanol–water partition coefficient (Wildman–Crippen LogP) is 2.09. The molecule has 0 bridgehead atoms. The predicted molar refractivity (Wildman–Crippen MR) is 62.4 cm³/mol. The molecule has 0 aromatic heterocycles. The second-order valence-electron chi connectivity index (χ2n) is 3.18. The van der Waals surface area contributed by atoms with Gasteiger partial charge in [0.05, 0.1) is 18.9 Å². The lowest BCUT2D eigenvalue weighted by molar-refractivity contribution is -0.137. The molecule has 0 N–H and O–H groups in total. The average Bonchev–Trinajstić information content (AvgIpc) is 2.35. The molecule has 0 aliphatic carbocycles. The Labute approximate surface area is 99.8 Å². The first kappa shape index (κ1) is 13.0. The fourth-order valence-corrected chi connectivity index (χ4v) is 1.21. The van der Waals surface area contributed by atoms with Crippen LogP contribution in [0.25, 0.3) is 0 Å². The highest BCUT2D eigenvalue weighted by molar-refractivity contribution is 5.81. The SMILES string of the molecule is CCOC(=O)/C=C/OCc1ccccc1C=O. The van der Waals surface area contributed by atoms with E-state index in [0.717, 1.165) is 11.8 Å². The van der Waals surface area contributed by atoms with Gasteiger partial charge in [-0.2, -0.15) is 0 Å². The third-order valence-corrected chi connectivity index (χ3v) is 2.01. The molecule has 0 atom stereocenters. The Hall–Kier alpha value is -2.10. The van der Waals surface area contributed by atoms with Gasteiger partial charge in [0.1, 0.15) is 12.9 Å². The number of ether oxygens (including phenoxy) is 2. The molecule has 0 saturated heterocycles. The third kappa shape index (κ3) is 4.51. The second-order valence-corrected chi connectivity index (χ2v) is 3.18. The summed E-state index contributed by atoms with van der Waals surface area (Å²) in [4.78, 5) is 21.6. The zero-order valence-corrected chi connectivity index (χ0v) is 9.59. The fraction of sp³-hybridized carbons (Fsp3) is 0.231. The van der Waals surface area contributed by atoms with Crippen LogP contribution in [-0.2, 0) is 20.9 Å². The van der Waals surface area contributed by atoms with Crippen molar-refractivity contribution in [1.82, 2.24) is 0 Å². The summed E-state index contributed by atoms with van der Waals surface area (Å²) >= 11 is 0. The standard InChI is InChI=1S/C13H14O4/c1-2-17-13(15)7-8-16-10-12-6-4-3-5-11(12)9-14/h3-9H,2,10H2,1H3/b8-7+. The maximum absolute atomic E-state index is 10.9. The van der Waals surface area contributed by atoms with Gasteiger partial charge in [0, 0.05) is 5.56 Å². The van der Waals surface area contributed by atoms with Gasteiger partial charge >= 0.3 is 5.97 Å². The number of benzene rings is 1. The Balaban J connectivity index is 2.45. The molecular formula is C13H14O4. The van der Waals surface area contributed by atoms with Crippen molar-refractivity contribution in [1.29, 1.82) is 0 Å². The number of esters is 1. The second kappa shape index (κ2) is 7.22. The molecule has 0 spiro atoms. The van der Waals surface area contributed by atoms with Gasteiger partial charge in [-0.25, -0.2) is 4.79 Å². The highest BCUT2D eigenvalue weighted by Gasteiger charge is 1.99. The van der Waals surface area contributed by atoms with E-state index in [1.54, 1.807) is 25.1 Å². The number of carbonyl (C=O) groups is 2. The molecule has 17 heavy (non-hydrogen) atoms. The van der Waals surface area contributed by atoms with Crippen LogP contribution >= 0.6 is 0 Å². The minimum Gasteiger partial charge on any atom is -0.496 e. The first-order valence-electron chi connectivity index (χ1n) is 5.26. The quantitative estimate of drug-likeness (QED) is 0.327. The third-order valence-electron chi connectivity index (χ3n) is 2.01. The van der Waals surface area contributed by atoms with E-state index in [2.05, 4.69) is 4.74 Å². The monoisotopic (exact) mass is 234 g/mol. The van der Waals surface area contributed by atoms with Crippen LogP contribution in [-0.4, -0.2) is 18.9 Å². The normalized spacial score (nSPS) is 10.2. The molecule has 0 fully saturated rings. The van der Waals surface area contributed by atoms with Crippen molar-refractivity contribution in [3.63, 3.8) is 0 Å². The highest BCUT2D eigenvalue weighted by atomic mass is 16.5. The van der Waals surface area contributed by atoms with Crippen molar-refractivity contribution < 1.29 is 19.1 Å². The number of hydrogen-bond acceptors (Lipinski definition) is 4. The molecular weight excluding hydrogens is 220 g/mol. The van der Waals surface area contributed by atoms with Crippen molar-refractivity contribution >= 4 is 12.3 Å². The van der Waals surface area contributed by atoms with Crippen molar-refractivity contribution in [2.75, 3.05) is 6.61 Å². The molecule has 0 heterocycles. The Kier molecular flexibility index (Phi) is 5.51. The Bertz CT molecular complexity index is 410. The molecule has 4 heteroatoms. The van der Waals surface area contributed by atoms with E-state index in [1.807, 2.05) is 6.07 Å². The largest absolute Gasteiger partial charge is 0.496 e. The van der Waals surface area contributed by atoms with Gasteiger partial charge in [0.25, 0.3) is 0 Å². The zero-order valence-electron chi connectivity index (χ0n) is 9.59. The molecule has 4 nitrogen and oxygen atoms in total. The van der Waals surface area contributed by atoms with Crippen molar-refractivity contribution in [2.45, 2.75) is 13.5 Å². The fourth-order valence-electron chi connectivity index (χ4n) is 1.21. The molecule has 0 amide bonds. The van der Waals surface area contributed by atoms with E-state index in [1.165, 1.54) is 12.3 Å². The number of rotatable bonds is 6. The summed E-state index contributed by atoms with van der Waals surface area (Å²) in [5.41, 5.74) is 1.35. The maximum Gasteiger partial charge on any atom is 0.333 e. The molecule has 90 valence electrons. The van der Waals surface area contributed by atoms with Gasteiger partial charge in [0.2, 0.25) is 0 Å². The van der Waals surface area contributed by atoms with E-state index < -0.39 is 5.97 Å². The number of hydrogen-bond donors (Lipinski definition) is 0. The Morgan fingerprint density at radius 1 is 1.35 bits per heavy atom. The molecule has 0 unspecified atom stereocenters. The Morgan fingerprint density at radius 2 is 2.12 bits per heavy atom. The van der Waals surface area contributed by atoms with Crippen LogP contribution < -0.4 is 0 Å². The molecule has 0 aliphatic rings. The zero-order chi connectivity index (χ0) is 12.5. The summed E-state index contributed by atoms with van der Waals surface area (Å²) in [7, 11) is 0. The minimum atomic E-state index is -0.448. The van der Waals surface area contributed by atoms with E-state index >= 15 is 0 Å². The lowest BCUT2D eigenvalue weighted by Crippen LogP contribution is -1.99. The van der Waals surface area contributed by atoms with Crippen molar-refractivity contribution in [3.05, 3.63) is 47.7 Å². The van der Waals surface area contributed by atoms with Crippen LogP contribution in [0.2, 0.25) is 0 Å². The van der Waals surface area contributed by atoms with Crippen LogP contribution in [0, 0.1) is 0 Å². The summed E-state index contributed by atoms with van der Waals surface area (Å²) in [6, 6.07) is 7.10. The van der Waals surface area contributed by atoms with Crippen LogP contribution in [0.4, 0.5) is 0 Å². The smallest absolute Gasteiger partial charge is 0.333 e. The summed E-state index contributed by atoms with van der Waals surface area (Å²) in [6.07, 6.45) is 3.24. The molecule has 0 radical (unpaired) electrons. The van der Waals surface area contributed by atoms with Gasteiger partial charge in [-0.3, -0.25) is 4.79 Å². The van der Waals surface area contributed by atoms with Gasteiger partial charge in [-0.05, 0) is 12.5 Å². The molecule has 1 aromatic rings. The van der Waals surface area contributed by atoms with Crippen molar-refractivity contribution in [2.24, 2.45) is 0 Å². The lowest BCUT2D eigenvalue weighted by Gasteiger charge is -2.03. The van der Waals surface area contributed by atoms with Crippen LogP contribution in [0.3, 0.4) is 0 Å². The minimum absolute atomic E-state index is 0.241. The molecule has 1 rings (SSSR count). The Morgan fingerprint density at radius 3 is 2.82 bits per heavy atom. The van der Waals surface area contributed by atoms with Gasteiger partial charge in [-0.15, -0.1) is 0 Å². The summed E-state index contributed by atoms with van der Waals surface area (Å²) in [5, 5.41) is 0. The van der Waals surface area contributed by atoms with E-state index in [4.69, 9.17) is 4.74 Å². The maximum atomic E-state index is 10.9. The number of carbonyl (C=O) groups excluding carboxylic acids is 2. The topological polar surface area (TPSA) is 52.6 Å². The van der Waals surface area contributed by atoms with Crippen LogP contribution in [0.15, 0.2) is 36.6 Å². The molecule has 0 saturated carbocycles. The summed E-state index contributed by atoms with van der Waals surface area (Å²) in [5.74, 6) is -0.448. The molecule has 1 aromatic carbocycles. The lowest BCUT2D eigenvalue weighted by atomic mass is 10.1. The van der Waals surface area contributed by atoms with E-state index in [9.17, 15) is 9.59 Å². The first-order valence-corrected chi connectivity index (χ1v) is 5.26.